The minimum absolute atomic E-state index is 0.570. The average molecular weight is 192 g/mol. The molecule has 1 heteroatoms. The maximum atomic E-state index is 14.2. The van der Waals surface area contributed by atoms with E-state index in [2.05, 4.69) is 13.8 Å². The van der Waals surface area contributed by atoms with Crippen LogP contribution in [0.2, 0.25) is 0 Å². The second kappa shape index (κ2) is 3.38. The van der Waals surface area contributed by atoms with E-state index in [1.807, 2.05) is 30.3 Å². The van der Waals surface area contributed by atoms with Gasteiger partial charge in [0.05, 0.1) is 0 Å². The van der Waals surface area contributed by atoms with E-state index in [-0.39, 0.29) is 0 Å². The van der Waals surface area contributed by atoms with Crippen molar-refractivity contribution in [2.24, 2.45) is 11.8 Å². The Bertz CT molecular complexity index is 296. The number of alkyl halides is 1. The van der Waals surface area contributed by atoms with Crippen LogP contribution in [0.25, 0.3) is 0 Å². The first kappa shape index (κ1) is 9.70. The first-order valence-corrected chi connectivity index (χ1v) is 5.36. The Balaban J connectivity index is 2.08. The third kappa shape index (κ3) is 1.56. The minimum atomic E-state index is -1.03. The Morgan fingerprint density at radius 3 is 2.29 bits per heavy atom. The second-order valence-corrected chi connectivity index (χ2v) is 4.74. The normalized spacial score (nSPS) is 31.6. The van der Waals surface area contributed by atoms with Gasteiger partial charge in [-0.2, -0.15) is 0 Å². The molecule has 2 rings (SSSR count). The van der Waals surface area contributed by atoms with E-state index in [9.17, 15) is 4.39 Å². The second-order valence-electron chi connectivity index (χ2n) is 4.74. The fourth-order valence-electron chi connectivity index (χ4n) is 2.22. The zero-order valence-corrected chi connectivity index (χ0v) is 8.83. The maximum Gasteiger partial charge on any atom is 0.136 e. The summed E-state index contributed by atoms with van der Waals surface area (Å²) in [6.45, 7) is 4.35. The highest BCUT2D eigenvalue weighted by molar-refractivity contribution is 5.25. The lowest BCUT2D eigenvalue weighted by Crippen LogP contribution is -2.39. The molecule has 1 saturated carbocycles. The summed E-state index contributed by atoms with van der Waals surface area (Å²) < 4.78 is 14.2. The summed E-state index contributed by atoms with van der Waals surface area (Å²) in [5, 5.41) is 0. The third-order valence-corrected chi connectivity index (χ3v) is 3.41. The van der Waals surface area contributed by atoms with E-state index in [1.54, 1.807) is 0 Å². The zero-order chi connectivity index (χ0) is 10.2. The zero-order valence-electron chi connectivity index (χ0n) is 8.83. The number of rotatable bonds is 2. The molecule has 0 heterocycles. The van der Waals surface area contributed by atoms with Crippen LogP contribution in [0, 0.1) is 11.8 Å². The van der Waals surface area contributed by atoms with Gasteiger partial charge in [0.25, 0.3) is 0 Å². The van der Waals surface area contributed by atoms with Gasteiger partial charge in [-0.25, -0.2) is 4.39 Å². The van der Waals surface area contributed by atoms with E-state index in [1.165, 1.54) is 0 Å². The molecule has 1 aromatic rings. The van der Waals surface area contributed by atoms with Crippen molar-refractivity contribution in [3.63, 3.8) is 0 Å². The van der Waals surface area contributed by atoms with Crippen molar-refractivity contribution in [1.29, 1.82) is 0 Å². The highest BCUT2D eigenvalue weighted by Gasteiger charge is 2.46. The first-order valence-electron chi connectivity index (χ1n) is 5.36. The predicted molar refractivity (Wildman–Crippen MR) is 56.8 cm³/mol. The van der Waals surface area contributed by atoms with Crippen molar-refractivity contribution in [3.8, 4) is 0 Å². The molecule has 0 radical (unpaired) electrons. The predicted octanol–water partition coefficient (Wildman–Crippen LogP) is 3.92. The topological polar surface area (TPSA) is 0 Å². The van der Waals surface area contributed by atoms with Gasteiger partial charge in [-0.05, 0) is 30.2 Å². The van der Waals surface area contributed by atoms with Crippen LogP contribution in [0.1, 0.15) is 32.3 Å². The lowest BCUT2D eigenvalue weighted by Gasteiger charge is -2.44. The summed E-state index contributed by atoms with van der Waals surface area (Å²) in [5.41, 5.74) is -0.173. The number of halogens is 1. The largest absolute Gasteiger partial charge is 0.239 e. The van der Waals surface area contributed by atoms with E-state index in [0.717, 1.165) is 5.56 Å². The average Bonchev–Trinajstić information content (AvgIpc) is 2.14. The van der Waals surface area contributed by atoms with Crippen molar-refractivity contribution in [2.45, 2.75) is 32.4 Å². The summed E-state index contributed by atoms with van der Waals surface area (Å²) >= 11 is 0. The smallest absolute Gasteiger partial charge is 0.136 e. The van der Waals surface area contributed by atoms with Crippen LogP contribution in [0.15, 0.2) is 30.3 Å². The fraction of sp³-hybridized carbons (Fsp3) is 0.538. The summed E-state index contributed by atoms with van der Waals surface area (Å²) in [7, 11) is 0. The van der Waals surface area contributed by atoms with E-state index in [0.29, 0.717) is 24.7 Å². The molecule has 0 unspecified atom stereocenters. The standard InChI is InChI=1S/C13H17F/c1-10(2)11-8-13(14,9-11)12-6-4-3-5-7-12/h3-7,10-11H,8-9H2,1-2H3. The van der Waals surface area contributed by atoms with Gasteiger partial charge in [0.15, 0.2) is 0 Å². The summed E-state index contributed by atoms with van der Waals surface area (Å²) in [6.07, 6.45) is 1.41. The molecule has 0 bridgehead atoms. The molecule has 0 atom stereocenters. The summed E-state index contributed by atoms with van der Waals surface area (Å²) in [5.74, 6) is 1.18. The number of benzene rings is 1. The highest BCUT2D eigenvalue weighted by Crippen LogP contribution is 2.51. The Labute approximate surface area is 85.1 Å². The molecule has 0 saturated heterocycles. The molecule has 1 aromatic carbocycles. The Hall–Kier alpha value is -0.850. The van der Waals surface area contributed by atoms with Crippen molar-refractivity contribution in [2.75, 3.05) is 0 Å². The molecule has 1 aliphatic rings. The molecule has 76 valence electrons. The first-order chi connectivity index (χ1) is 6.62. The third-order valence-electron chi connectivity index (χ3n) is 3.41. The fourth-order valence-corrected chi connectivity index (χ4v) is 2.22. The SMILES string of the molecule is CC(C)C1CC(F)(c2ccccc2)C1. The molecule has 0 amide bonds. The van der Waals surface area contributed by atoms with Crippen molar-refractivity contribution < 1.29 is 4.39 Å². The van der Waals surface area contributed by atoms with Gasteiger partial charge in [-0.1, -0.05) is 44.2 Å². The van der Waals surface area contributed by atoms with Crippen LogP contribution in [0.4, 0.5) is 4.39 Å². The van der Waals surface area contributed by atoms with Gasteiger partial charge in [-0.3, -0.25) is 0 Å². The van der Waals surface area contributed by atoms with Gasteiger partial charge in [0.1, 0.15) is 5.67 Å². The van der Waals surface area contributed by atoms with E-state index < -0.39 is 5.67 Å². The molecule has 0 N–H and O–H groups in total. The molecule has 1 aliphatic carbocycles. The molecule has 0 spiro atoms. The van der Waals surface area contributed by atoms with Gasteiger partial charge >= 0.3 is 0 Å². The number of hydrogen-bond donors (Lipinski definition) is 0. The van der Waals surface area contributed by atoms with Crippen LogP contribution >= 0.6 is 0 Å². The molecule has 0 aromatic heterocycles. The molecular weight excluding hydrogens is 175 g/mol. The van der Waals surface area contributed by atoms with Crippen molar-refractivity contribution >= 4 is 0 Å². The molecule has 1 fully saturated rings. The lowest BCUT2D eigenvalue weighted by molar-refractivity contribution is -0.0183. The maximum absolute atomic E-state index is 14.2. The van der Waals surface area contributed by atoms with Crippen LogP contribution < -0.4 is 0 Å². The monoisotopic (exact) mass is 192 g/mol. The van der Waals surface area contributed by atoms with E-state index >= 15 is 0 Å². The Morgan fingerprint density at radius 1 is 1.21 bits per heavy atom. The van der Waals surface area contributed by atoms with Gasteiger partial charge in [0.2, 0.25) is 0 Å². The van der Waals surface area contributed by atoms with Crippen molar-refractivity contribution in [3.05, 3.63) is 35.9 Å². The molecule has 0 nitrogen and oxygen atoms in total. The van der Waals surface area contributed by atoms with Crippen LogP contribution in [-0.4, -0.2) is 0 Å². The van der Waals surface area contributed by atoms with Crippen LogP contribution in [0.5, 0.6) is 0 Å². The van der Waals surface area contributed by atoms with Crippen LogP contribution in [-0.2, 0) is 5.67 Å². The summed E-state index contributed by atoms with van der Waals surface area (Å²) in [6, 6.07) is 9.57. The van der Waals surface area contributed by atoms with Gasteiger partial charge < -0.3 is 0 Å². The Morgan fingerprint density at radius 2 is 1.79 bits per heavy atom. The van der Waals surface area contributed by atoms with E-state index in [4.69, 9.17) is 0 Å². The Kier molecular flexibility index (Phi) is 2.34. The molecular formula is C13H17F. The molecule has 0 aliphatic heterocycles. The van der Waals surface area contributed by atoms with Gasteiger partial charge in [-0.15, -0.1) is 0 Å². The van der Waals surface area contributed by atoms with Crippen LogP contribution in [0.3, 0.4) is 0 Å². The van der Waals surface area contributed by atoms with Crippen molar-refractivity contribution in [1.82, 2.24) is 0 Å². The molecule has 14 heavy (non-hydrogen) atoms. The lowest BCUT2D eigenvalue weighted by atomic mass is 9.65. The highest BCUT2D eigenvalue weighted by atomic mass is 19.1. The van der Waals surface area contributed by atoms with Gasteiger partial charge in [0, 0.05) is 0 Å². The number of hydrogen-bond acceptors (Lipinski definition) is 0. The minimum Gasteiger partial charge on any atom is -0.239 e. The summed E-state index contributed by atoms with van der Waals surface area (Å²) in [4.78, 5) is 0. The quantitative estimate of drug-likeness (QED) is 0.666.